The Kier molecular flexibility index (Phi) is 6.42. The summed E-state index contributed by atoms with van der Waals surface area (Å²) >= 11 is 0. The van der Waals surface area contributed by atoms with Crippen LogP contribution in [0.1, 0.15) is 18.4 Å². The van der Waals surface area contributed by atoms with Gasteiger partial charge in [0.2, 0.25) is 0 Å². The third-order valence-corrected chi connectivity index (χ3v) is 6.67. The summed E-state index contributed by atoms with van der Waals surface area (Å²) in [5, 5.41) is 10.1. The molecule has 5 N–H and O–H groups in total. The van der Waals surface area contributed by atoms with E-state index in [1.165, 1.54) is 24.9 Å². The lowest BCUT2D eigenvalue weighted by Crippen LogP contribution is -2.63. The number of imidazole rings is 1. The van der Waals surface area contributed by atoms with Gasteiger partial charge in [-0.3, -0.25) is 4.98 Å². The summed E-state index contributed by atoms with van der Waals surface area (Å²) in [4.78, 5) is 18.6. The molecule has 1 aliphatic heterocycles. The van der Waals surface area contributed by atoms with Crippen LogP contribution in [0.25, 0.3) is 22.4 Å². The van der Waals surface area contributed by atoms with Crippen molar-refractivity contribution >= 4 is 22.7 Å². The molecule has 9 nitrogen and oxygen atoms in total. The number of hydrogen-bond acceptors (Lipinski definition) is 8. The number of nitrogens with two attached hydrogens (primary N) is 2. The lowest BCUT2D eigenvalue weighted by Gasteiger charge is -2.44. The first-order chi connectivity index (χ1) is 17.7. The Morgan fingerprint density at radius 2 is 1.92 bits per heavy atom. The molecule has 5 rings (SSSR count). The van der Waals surface area contributed by atoms with E-state index < -0.39 is 29.7 Å². The van der Waals surface area contributed by atoms with Crippen molar-refractivity contribution in [2.75, 3.05) is 23.7 Å². The van der Waals surface area contributed by atoms with Crippen LogP contribution in [0.5, 0.6) is 0 Å². The summed E-state index contributed by atoms with van der Waals surface area (Å²) in [6, 6.07) is 4.84. The van der Waals surface area contributed by atoms with Crippen LogP contribution in [0.4, 0.5) is 29.1 Å². The minimum Gasteiger partial charge on any atom is -0.385 e. The van der Waals surface area contributed by atoms with Crippen molar-refractivity contribution in [1.29, 1.82) is 0 Å². The number of benzene rings is 1. The maximum Gasteiger partial charge on any atom is 0.265 e. The SMILES string of the molecule is Nc1ncnc2c1ncn2Cc1cc(-c2ccc(F)cc2F)ncc1N1CCC[C@](N)([C@@H](O)C(F)F)C1. The molecular weight excluding hydrogens is 492 g/mol. The molecule has 0 aliphatic carbocycles. The van der Waals surface area contributed by atoms with Gasteiger partial charge in [-0.05, 0) is 36.6 Å². The molecule has 3 aromatic heterocycles. The van der Waals surface area contributed by atoms with E-state index >= 15 is 0 Å². The molecule has 1 aliphatic rings. The summed E-state index contributed by atoms with van der Waals surface area (Å²) in [6.45, 7) is 0.622. The molecule has 1 fully saturated rings. The number of aliphatic hydroxyl groups excluding tert-OH is 1. The third-order valence-electron chi connectivity index (χ3n) is 6.67. The number of halogens is 4. The molecule has 4 heterocycles. The van der Waals surface area contributed by atoms with Gasteiger partial charge in [0.1, 0.15) is 29.6 Å². The fraction of sp³-hybridized carbons (Fsp3) is 0.333. The molecule has 37 heavy (non-hydrogen) atoms. The summed E-state index contributed by atoms with van der Waals surface area (Å²) in [6.07, 6.45) is 0.0239. The van der Waals surface area contributed by atoms with Crippen molar-refractivity contribution in [2.45, 2.75) is 37.5 Å². The van der Waals surface area contributed by atoms with E-state index in [4.69, 9.17) is 11.5 Å². The summed E-state index contributed by atoms with van der Waals surface area (Å²) in [5.74, 6) is -1.29. The van der Waals surface area contributed by atoms with Crippen LogP contribution in [-0.4, -0.2) is 60.8 Å². The molecule has 0 bridgehead atoms. The maximum atomic E-state index is 14.6. The minimum atomic E-state index is -2.99. The van der Waals surface area contributed by atoms with E-state index in [1.807, 2.05) is 0 Å². The lowest BCUT2D eigenvalue weighted by molar-refractivity contribution is -0.0529. The number of alkyl halides is 2. The Balaban J connectivity index is 1.58. The highest BCUT2D eigenvalue weighted by molar-refractivity contribution is 5.81. The lowest BCUT2D eigenvalue weighted by atomic mass is 9.84. The van der Waals surface area contributed by atoms with Gasteiger partial charge in [-0.2, -0.15) is 0 Å². The number of aromatic nitrogens is 5. The molecule has 0 amide bonds. The predicted octanol–water partition coefficient (Wildman–Crippen LogP) is 2.72. The van der Waals surface area contributed by atoms with E-state index in [2.05, 4.69) is 19.9 Å². The highest BCUT2D eigenvalue weighted by Gasteiger charge is 2.43. The molecule has 4 aromatic rings. The van der Waals surface area contributed by atoms with Crippen molar-refractivity contribution in [3.05, 3.63) is 60.3 Å². The van der Waals surface area contributed by atoms with Crippen LogP contribution in [0.3, 0.4) is 0 Å². The Morgan fingerprint density at radius 1 is 1.11 bits per heavy atom. The van der Waals surface area contributed by atoms with Gasteiger partial charge in [0.15, 0.2) is 11.5 Å². The first kappa shape index (κ1) is 24.8. The van der Waals surface area contributed by atoms with Crippen LogP contribution >= 0.6 is 0 Å². The highest BCUT2D eigenvalue weighted by Crippen LogP contribution is 2.33. The minimum absolute atomic E-state index is 0.0444. The normalized spacial score (nSPS) is 19.1. The van der Waals surface area contributed by atoms with Gasteiger partial charge in [-0.1, -0.05) is 0 Å². The predicted molar refractivity (Wildman–Crippen MR) is 129 cm³/mol. The summed E-state index contributed by atoms with van der Waals surface area (Å²) in [5.41, 5.74) is 13.0. The fourth-order valence-electron chi connectivity index (χ4n) is 4.75. The van der Waals surface area contributed by atoms with E-state index in [-0.39, 0.29) is 36.6 Å². The average molecular weight is 517 g/mol. The zero-order valence-corrected chi connectivity index (χ0v) is 19.5. The number of rotatable bonds is 6. The van der Waals surface area contributed by atoms with Crippen molar-refractivity contribution in [2.24, 2.45) is 5.73 Å². The van der Waals surface area contributed by atoms with Gasteiger partial charge in [0.05, 0.1) is 36.0 Å². The third kappa shape index (κ3) is 4.67. The van der Waals surface area contributed by atoms with Crippen LogP contribution in [0.15, 0.2) is 43.1 Å². The first-order valence-electron chi connectivity index (χ1n) is 11.5. The molecule has 0 saturated carbocycles. The molecule has 13 heteroatoms. The molecule has 0 unspecified atom stereocenters. The number of hydrogen-bond donors (Lipinski definition) is 3. The number of pyridine rings is 1. The molecule has 2 atom stereocenters. The Bertz CT molecular complexity index is 1450. The summed E-state index contributed by atoms with van der Waals surface area (Å²) in [7, 11) is 0. The van der Waals surface area contributed by atoms with Gasteiger partial charge in [-0.25, -0.2) is 32.5 Å². The second-order valence-electron chi connectivity index (χ2n) is 9.16. The van der Waals surface area contributed by atoms with Crippen LogP contribution in [0.2, 0.25) is 0 Å². The fourth-order valence-corrected chi connectivity index (χ4v) is 4.75. The Morgan fingerprint density at radius 3 is 2.68 bits per heavy atom. The summed E-state index contributed by atoms with van der Waals surface area (Å²) < 4.78 is 56.5. The monoisotopic (exact) mass is 516 g/mol. The molecular formula is C24H24F4N8O. The van der Waals surface area contributed by atoms with E-state index in [0.29, 0.717) is 35.4 Å². The van der Waals surface area contributed by atoms with E-state index in [1.54, 1.807) is 15.5 Å². The largest absolute Gasteiger partial charge is 0.385 e. The van der Waals surface area contributed by atoms with Gasteiger partial charge in [-0.15, -0.1) is 0 Å². The van der Waals surface area contributed by atoms with Crippen LogP contribution in [-0.2, 0) is 6.54 Å². The second-order valence-corrected chi connectivity index (χ2v) is 9.16. The van der Waals surface area contributed by atoms with E-state index in [0.717, 1.165) is 12.1 Å². The van der Waals surface area contributed by atoms with E-state index in [9.17, 15) is 22.7 Å². The zero-order chi connectivity index (χ0) is 26.3. The number of aliphatic hydroxyl groups is 1. The second kappa shape index (κ2) is 9.56. The highest BCUT2D eigenvalue weighted by atomic mass is 19.3. The van der Waals surface area contributed by atoms with Crippen molar-refractivity contribution in [3.63, 3.8) is 0 Å². The van der Waals surface area contributed by atoms with Crippen LogP contribution < -0.4 is 16.4 Å². The number of nitrogens with zero attached hydrogens (tertiary/aromatic N) is 6. The Hall–Kier alpha value is -3.84. The van der Waals surface area contributed by atoms with Crippen LogP contribution in [0, 0.1) is 11.6 Å². The van der Waals surface area contributed by atoms with Crippen molar-refractivity contribution in [1.82, 2.24) is 24.5 Å². The van der Waals surface area contributed by atoms with Crippen molar-refractivity contribution < 1.29 is 22.7 Å². The molecule has 1 aromatic carbocycles. The topological polar surface area (TPSA) is 132 Å². The number of nitrogen functional groups attached to an aromatic ring is 1. The first-order valence-corrected chi connectivity index (χ1v) is 11.5. The van der Waals surface area contributed by atoms with Gasteiger partial charge in [0.25, 0.3) is 6.43 Å². The van der Waals surface area contributed by atoms with Crippen molar-refractivity contribution in [3.8, 4) is 11.3 Å². The standard InChI is InChI=1S/C24H24F4N8O/c25-14-2-3-15(16(26)7-14)17-6-13(9-36-12-34-19-22(29)32-11-33-23(19)36)18(8-31-17)35-5-1-4-24(30,10-35)20(37)21(27)28/h2-3,6-8,11-12,20-21,37H,1,4-5,9-10,30H2,(H2,29,32,33)/t20-,24+/m0/s1. The Labute approximate surface area is 208 Å². The van der Waals surface area contributed by atoms with Gasteiger partial charge >= 0.3 is 0 Å². The quantitative estimate of drug-likeness (QED) is 0.334. The molecule has 0 radical (unpaired) electrons. The molecule has 194 valence electrons. The number of fused-ring (bicyclic) bond motifs is 1. The smallest absolute Gasteiger partial charge is 0.265 e. The number of anilines is 2. The molecule has 0 spiro atoms. The van der Waals surface area contributed by atoms with Gasteiger partial charge in [0, 0.05) is 24.7 Å². The van der Waals surface area contributed by atoms with Gasteiger partial charge < -0.3 is 26.0 Å². The molecule has 1 saturated heterocycles. The average Bonchev–Trinajstić information content (AvgIpc) is 3.27. The maximum absolute atomic E-state index is 14.6. The zero-order valence-electron chi connectivity index (χ0n) is 19.5. The number of piperidine rings is 1.